The van der Waals surface area contributed by atoms with E-state index >= 15 is 0 Å². The van der Waals surface area contributed by atoms with E-state index in [9.17, 15) is 9.59 Å². The molecule has 0 radical (unpaired) electrons. The third-order valence-corrected chi connectivity index (χ3v) is 4.43. The van der Waals surface area contributed by atoms with Crippen LogP contribution in [0.25, 0.3) is 0 Å². The van der Waals surface area contributed by atoms with Gasteiger partial charge in [-0.15, -0.1) is 0 Å². The minimum Gasteiger partial charge on any atom is -0.497 e. The Bertz CT molecular complexity index is 601. The number of carbonyl (C=O) groups is 2. The highest BCUT2D eigenvalue weighted by atomic mass is 16.5. The second kappa shape index (κ2) is 6.91. The molecule has 0 aliphatic heterocycles. The summed E-state index contributed by atoms with van der Waals surface area (Å²) in [6, 6.07) is 5.61. The molecule has 1 aromatic carbocycles. The Kier molecular flexibility index (Phi) is 5.17. The summed E-state index contributed by atoms with van der Waals surface area (Å²) in [6.07, 6.45) is 7.18. The smallest absolute Gasteiger partial charge is 0.173 e. The zero-order chi connectivity index (χ0) is 16.2. The zero-order valence-corrected chi connectivity index (χ0v) is 13.6. The molecule has 1 atom stereocenters. The molecule has 118 valence electrons. The maximum Gasteiger partial charge on any atom is 0.173 e. The van der Waals surface area contributed by atoms with Crippen molar-refractivity contribution in [1.29, 1.82) is 0 Å². The van der Waals surface area contributed by atoms with Crippen LogP contribution in [-0.2, 0) is 11.2 Å². The molecule has 22 heavy (non-hydrogen) atoms. The van der Waals surface area contributed by atoms with Gasteiger partial charge in [0, 0.05) is 18.4 Å². The van der Waals surface area contributed by atoms with Crippen molar-refractivity contribution in [3.05, 3.63) is 41.5 Å². The van der Waals surface area contributed by atoms with E-state index in [4.69, 9.17) is 4.74 Å². The third-order valence-electron chi connectivity index (χ3n) is 4.43. The van der Waals surface area contributed by atoms with Gasteiger partial charge in [0.15, 0.2) is 5.78 Å². The van der Waals surface area contributed by atoms with E-state index < -0.39 is 5.41 Å². The Balaban J connectivity index is 2.33. The fourth-order valence-electron chi connectivity index (χ4n) is 3.06. The molecule has 0 fully saturated rings. The van der Waals surface area contributed by atoms with Crippen LogP contribution in [0.3, 0.4) is 0 Å². The van der Waals surface area contributed by atoms with Gasteiger partial charge in [0.25, 0.3) is 0 Å². The first-order valence-corrected chi connectivity index (χ1v) is 7.97. The highest BCUT2D eigenvalue weighted by Crippen LogP contribution is 2.43. The van der Waals surface area contributed by atoms with Crippen LogP contribution < -0.4 is 4.74 Å². The summed E-state index contributed by atoms with van der Waals surface area (Å²) in [4.78, 5) is 24.6. The van der Waals surface area contributed by atoms with Crippen LogP contribution in [0.15, 0.2) is 30.4 Å². The van der Waals surface area contributed by atoms with Crippen molar-refractivity contribution >= 4 is 11.6 Å². The molecule has 1 aliphatic rings. The van der Waals surface area contributed by atoms with Crippen LogP contribution in [0, 0.1) is 5.41 Å². The van der Waals surface area contributed by atoms with Gasteiger partial charge in [0.2, 0.25) is 0 Å². The summed E-state index contributed by atoms with van der Waals surface area (Å²) < 4.78 is 5.26. The van der Waals surface area contributed by atoms with Crippen molar-refractivity contribution < 1.29 is 14.3 Å². The number of hydrogen-bond acceptors (Lipinski definition) is 3. The minimum absolute atomic E-state index is 0.138. The average molecular weight is 300 g/mol. The summed E-state index contributed by atoms with van der Waals surface area (Å²) in [7, 11) is 1.63. The van der Waals surface area contributed by atoms with E-state index in [1.54, 1.807) is 7.11 Å². The van der Waals surface area contributed by atoms with E-state index in [1.165, 1.54) is 0 Å². The first kappa shape index (κ1) is 16.5. The lowest BCUT2D eigenvalue weighted by molar-refractivity contribution is -0.119. The highest BCUT2D eigenvalue weighted by Gasteiger charge is 2.43. The van der Waals surface area contributed by atoms with Gasteiger partial charge in [0.05, 0.1) is 12.5 Å². The molecule has 0 aromatic heterocycles. The van der Waals surface area contributed by atoms with Gasteiger partial charge in [-0.05, 0) is 43.0 Å². The summed E-state index contributed by atoms with van der Waals surface area (Å²) in [5.74, 6) is 1.12. The molecule has 3 nitrogen and oxygen atoms in total. The maximum absolute atomic E-state index is 12.9. The lowest BCUT2D eigenvalue weighted by Crippen LogP contribution is -2.26. The molecule has 3 heteroatoms. The van der Waals surface area contributed by atoms with Gasteiger partial charge in [-0.2, -0.15) is 0 Å². The van der Waals surface area contributed by atoms with Crippen LogP contribution >= 0.6 is 0 Å². The van der Waals surface area contributed by atoms with Crippen molar-refractivity contribution in [2.45, 2.75) is 46.0 Å². The quantitative estimate of drug-likeness (QED) is 0.711. The highest BCUT2D eigenvalue weighted by molar-refractivity contribution is 6.06. The number of hydrogen-bond donors (Lipinski definition) is 0. The molecule has 0 spiro atoms. The third kappa shape index (κ3) is 3.13. The van der Waals surface area contributed by atoms with E-state index in [-0.39, 0.29) is 11.6 Å². The second-order valence-corrected chi connectivity index (χ2v) is 5.89. The van der Waals surface area contributed by atoms with Crippen LogP contribution in [0.1, 0.15) is 55.5 Å². The van der Waals surface area contributed by atoms with E-state index in [2.05, 4.69) is 6.92 Å². The maximum atomic E-state index is 12.9. The van der Waals surface area contributed by atoms with Gasteiger partial charge in [-0.25, -0.2) is 0 Å². The Morgan fingerprint density at radius 2 is 2.14 bits per heavy atom. The lowest BCUT2D eigenvalue weighted by atomic mass is 9.78. The molecular weight excluding hydrogens is 276 g/mol. The average Bonchev–Trinajstić information content (AvgIpc) is 2.82. The van der Waals surface area contributed by atoms with E-state index in [0.29, 0.717) is 25.7 Å². The molecule has 1 aromatic rings. The SMILES string of the molecule is CC/C=C/C1(CCC(=O)CC)Cc2cc(OC)ccc2C1=O. The number of ether oxygens (including phenoxy) is 1. The van der Waals surface area contributed by atoms with Crippen molar-refractivity contribution in [3.8, 4) is 5.75 Å². The van der Waals surface area contributed by atoms with Gasteiger partial charge >= 0.3 is 0 Å². The van der Waals surface area contributed by atoms with Crippen molar-refractivity contribution in [1.82, 2.24) is 0 Å². The van der Waals surface area contributed by atoms with Crippen molar-refractivity contribution in [2.24, 2.45) is 5.41 Å². The summed E-state index contributed by atoms with van der Waals surface area (Å²) in [6.45, 7) is 3.92. The van der Waals surface area contributed by atoms with Crippen LogP contribution in [0.2, 0.25) is 0 Å². The fraction of sp³-hybridized carbons (Fsp3) is 0.474. The molecule has 2 rings (SSSR count). The fourth-order valence-corrected chi connectivity index (χ4v) is 3.06. The Labute approximate surface area is 132 Å². The number of rotatable bonds is 7. The molecule has 0 bridgehead atoms. The molecule has 0 saturated carbocycles. The second-order valence-electron chi connectivity index (χ2n) is 5.89. The van der Waals surface area contributed by atoms with Gasteiger partial charge < -0.3 is 4.74 Å². The van der Waals surface area contributed by atoms with Crippen LogP contribution in [-0.4, -0.2) is 18.7 Å². The van der Waals surface area contributed by atoms with Crippen molar-refractivity contribution in [3.63, 3.8) is 0 Å². The normalized spacial score (nSPS) is 20.4. The number of methoxy groups -OCH3 is 1. The molecular formula is C19H24O3. The molecule has 1 unspecified atom stereocenters. The molecule has 0 N–H and O–H groups in total. The minimum atomic E-state index is -0.560. The molecule has 0 heterocycles. The van der Waals surface area contributed by atoms with Crippen LogP contribution in [0.4, 0.5) is 0 Å². The monoisotopic (exact) mass is 300 g/mol. The predicted molar refractivity (Wildman–Crippen MR) is 87.4 cm³/mol. The topological polar surface area (TPSA) is 43.4 Å². The van der Waals surface area contributed by atoms with Gasteiger partial charge in [0.1, 0.15) is 11.5 Å². The van der Waals surface area contributed by atoms with Gasteiger partial charge in [-0.3, -0.25) is 9.59 Å². The number of ketones is 2. The first-order chi connectivity index (χ1) is 10.6. The number of Topliss-reactive ketones (excluding diaryl/α,β-unsaturated/α-hetero) is 2. The Morgan fingerprint density at radius 3 is 2.77 bits per heavy atom. The van der Waals surface area contributed by atoms with Gasteiger partial charge in [-0.1, -0.05) is 26.0 Å². The molecule has 0 saturated heterocycles. The number of benzene rings is 1. The van der Waals surface area contributed by atoms with E-state index in [0.717, 1.165) is 23.3 Å². The zero-order valence-electron chi connectivity index (χ0n) is 13.6. The number of carbonyl (C=O) groups excluding carboxylic acids is 2. The van der Waals surface area contributed by atoms with E-state index in [1.807, 2.05) is 37.3 Å². The number of allylic oxidation sites excluding steroid dienone is 2. The Hall–Kier alpha value is -1.90. The Morgan fingerprint density at radius 1 is 1.36 bits per heavy atom. The predicted octanol–water partition coefficient (Wildman–Crippen LogP) is 4.15. The first-order valence-electron chi connectivity index (χ1n) is 7.97. The lowest BCUT2D eigenvalue weighted by Gasteiger charge is -2.23. The summed E-state index contributed by atoms with van der Waals surface area (Å²) in [5, 5.41) is 0. The number of fused-ring (bicyclic) bond motifs is 1. The largest absolute Gasteiger partial charge is 0.497 e. The summed E-state index contributed by atoms with van der Waals surface area (Å²) in [5.41, 5.74) is 1.23. The molecule has 0 amide bonds. The van der Waals surface area contributed by atoms with Crippen molar-refractivity contribution in [2.75, 3.05) is 7.11 Å². The van der Waals surface area contributed by atoms with Crippen LogP contribution in [0.5, 0.6) is 5.75 Å². The molecule has 1 aliphatic carbocycles. The summed E-state index contributed by atoms with van der Waals surface area (Å²) >= 11 is 0. The standard InChI is InChI=1S/C19H24O3/c1-4-6-10-19(11-9-15(20)5-2)13-14-12-16(22-3)7-8-17(14)18(19)21/h6-8,10,12H,4-5,9,11,13H2,1-3H3/b10-6+.